The molecule has 1 heterocycles. The molecule has 0 bridgehead atoms. The maximum Gasteiger partial charge on any atom is 0.261 e. The van der Waals surface area contributed by atoms with Crippen molar-refractivity contribution in [3.63, 3.8) is 0 Å². The number of halogens is 1. The van der Waals surface area contributed by atoms with Gasteiger partial charge in [0.15, 0.2) is 0 Å². The molecular formula is C7H5ClN2O2S. The molecular weight excluding hydrogens is 212 g/mol. The Morgan fingerprint density at radius 1 is 1.62 bits per heavy atom. The van der Waals surface area contributed by atoms with Crippen LogP contribution in [0.25, 0.3) is 4.85 Å². The van der Waals surface area contributed by atoms with Gasteiger partial charge in [0.2, 0.25) is 5.69 Å². The highest BCUT2D eigenvalue weighted by Gasteiger charge is 2.12. The van der Waals surface area contributed by atoms with E-state index in [1.807, 2.05) is 0 Å². The van der Waals surface area contributed by atoms with Crippen LogP contribution in [0.5, 0.6) is 0 Å². The van der Waals surface area contributed by atoms with Gasteiger partial charge < -0.3 is 0 Å². The predicted octanol–water partition coefficient (Wildman–Crippen LogP) is 1.87. The minimum atomic E-state index is -3.79. The molecule has 0 spiro atoms. The van der Waals surface area contributed by atoms with Gasteiger partial charge in [-0.25, -0.2) is 13.3 Å². The second-order valence-corrected chi connectivity index (χ2v) is 4.89. The Hall–Kier alpha value is -1.12. The summed E-state index contributed by atoms with van der Waals surface area (Å²) in [6.07, 6.45) is 1.13. The van der Waals surface area contributed by atoms with Gasteiger partial charge in [-0.3, -0.25) is 4.98 Å². The number of pyridine rings is 1. The predicted molar refractivity (Wildman–Crippen MR) is 48.3 cm³/mol. The number of aryl methyl sites for hydroxylation is 1. The van der Waals surface area contributed by atoms with Crippen LogP contribution in [0, 0.1) is 13.5 Å². The topological polar surface area (TPSA) is 51.4 Å². The van der Waals surface area contributed by atoms with Crippen LogP contribution < -0.4 is 0 Å². The molecule has 0 saturated heterocycles. The van der Waals surface area contributed by atoms with E-state index in [4.69, 9.17) is 17.3 Å². The zero-order valence-corrected chi connectivity index (χ0v) is 8.22. The van der Waals surface area contributed by atoms with Gasteiger partial charge in [-0.05, 0) is 13.0 Å². The van der Waals surface area contributed by atoms with Crippen LogP contribution >= 0.6 is 10.7 Å². The van der Waals surface area contributed by atoms with Crippen molar-refractivity contribution in [2.24, 2.45) is 0 Å². The van der Waals surface area contributed by atoms with Crippen molar-refractivity contribution in [1.82, 2.24) is 4.98 Å². The third-order valence-corrected chi connectivity index (χ3v) is 2.76. The number of hydrogen-bond acceptors (Lipinski definition) is 3. The quantitative estimate of drug-likeness (QED) is 0.532. The van der Waals surface area contributed by atoms with Gasteiger partial charge in [0, 0.05) is 22.6 Å². The van der Waals surface area contributed by atoms with Crippen molar-refractivity contribution in [3.8, 4) is 0 Å². The molecule has 0 aliphatic carbocycles. The van der Waals surface area contributed by atoms with Gasteiger partial charge in [0.05, 0.1) is 11.5 Å². The molecule has 6 heteroatoms. The van der Waals surface area contributed by atoms with Crippen LogP contribution in [0.2, 0.25) is 0 Å². The average molecular weight is 217 g/mol. The van der Waals surface area contributed by atoms with E-state index in [0.29, 0.717) is 5.69 Å². The average Bonchev–Trinajstić information content (AvgIpc) is 2.03. The van der Waals surface area contributed by atoms with Crippen LogP contribution in [-0.4, -0.2) is 13.4 Å². The monoisotopic (exact) mass is 216 g/mol. The first-order valence-corrected chi connectivity index (χ1v) is 5.55. The van der Waals surface area contributed by atoms with E-state index in [9.17, 15) is 8.42 Å². The Kier molecular flexibility index (Phi) is 2.55. The summed E-state index contributed by atoms with van der Waals surface area (Å²) in [5.41, 5.74) is 0.681. The first kappa shape index (κ1) is 9.96. The molecule has 13 heavy (non-hydrogen) atoms. The largest absolute Gasteiger partial charge is 0.272 e. The third-order valence-electron chi connectivity index (χ3n) is 1.44. The van der Waals surface area contributed by atoms with Gasteiger partial charge in [-0.2, -0.15) is 0 Å². The summed E-state index contributed by atoms with van der Waals surface area (Å²) in [5.74, 6) is 0. The fraction of sp³-hybridized carbons (Fsp3) is 0.143. The first-order chi connectivity index (χ1) is 5.95. The van der Waals surface area contributed by atoms with Crippen molar-refractivity contribution >= 4 is 25.4 Å². The molecule has 0 fully saturated rings. The Morgan fingerprint density at radius 3 is 2.69 bits per heavy atom. The molecule has 68 valence electrons. The lowest BCUT2D eigenvalue weighted by atomic mass is 10.3. The minimum absolute atomic E-state index is 0.147. The SMILES string of the molecule is [C-]#[N+]c1cc(S(=O)(=O)Cl)cnc1C. The van der Waals surface area contributed by atoms with Crippen molar-refractivity contribution in [2.45, 2.75) is 11.8 Å². The lowest BCUT2D eigenvalue weighted by Gasteiger charge is -1.98. The molecule has 1 aromatic rings. The van der Waals surface area contributed by atoms with Crippen LogP contribution in [0.15, 0.2) is 17.2 Å². The highest BCUT2D eigenvalue weighted by molar-refractivity contribution is 8.13. The van der Waals surface area contributed by atoms with Crippen molar-refractivity contribution < 1.29 is 8.42 Å². The number of hydrogen-bond donors (Lipinski definition) is 0. The number of nitrogens with zero attached hydrogens (tertiary/aromatic N) is 2. The number of rotatable bonds is 1. The first-order valence-electron chi connectivity index (χ1n) is 3.24. The fourth-order valence-corrected chi connectivity index (χ4v) is 1.43. The van der Waals surface area contributed by atoms with Gasteiger partial charge in [-0.15, -0.1) is 0 Å². The Bertz CT molecular complexity index is 476. The standard InChI is InChI=1S/C7H5ClN2O2S/c1-5-7(9-2)3-6(4-10-5)13(8,11)12/h3-4H,1H3. The van der Waals surface area contributed by atoms with E-state index in [1.165, 1.54) is 6.07 Å². The zero-order chi connectivity index (χ0) is 10.1. The van der Waals surface area contributed by atoms with Crippen molar-refractivity contribution in [2.75, 3.05) is 0 Å². The van der Waals surface area contributed by atoms with Crippen LogP contribution in [0.1, 0.15) is 5.69 Å². The van der Waals surface area contributed by atoms with Gasteiger partial charge >= 0.3 is 0 Å². The molecule has 0 aromatic carbocycles. The Morgan fingerprint density at radius 2 is 2.23 bits per heavy atom. The molecule has 0 N–H and O–H groups in total. The lowest BCUT2D eigenvalue weighted by molar-refractivity contribution is 0.609. The highest BCUT2D eigenvalue weighted by Crippen LogP contribution is 2.22. The van der Waals surface area contributed by atoms with Crippen LogP contribution in [0.4, 0.5) is 5.69 Å². The molecule has 0 aliphatic heterocycles. The lowest BCUT2D eigenvalue weighted by Crippen LogP contribution is -1.92. The fourth-order valence-electron chi connectivity index (χ4n) is 0.750. The highest BCUT2D eigenvalue weighted by atomic mass is 35.7. The van der Waals surface area contributed by atoms with Crippen LogP contribution in [0.3, 0.4) is 0 Å². The maximum atomic E-state index is 10.8. The molecule has 0 atom stereocenters. The van der Waals surface area contributed by atoms with Crippen molar-refractivity contribution in [1.29, 1.82) is 0 Å². The van der Waals surface area contributed by atoms with Gasteiger partial charge in [-0.1, -0.05) is 0 Å². The summed E-state index contributed by atoms with van der Waals surface area (Å²) in [7, 11) is 1.28. The van der Waals surface area contributed by atoms with E-state index in [0.717, 1.165) is 6.20 Å². The summed E-state index contributed by atoms with van der Waals surface area (Å²) in [6.45, 7) is 8.36. The van der Waals surface area contributed by atoms with E-state index < -0.39 is 9.05 Å². The minimum Gasteiger partial charge on any atom is -0.272 e. The molecule has 1 aromatic heterocycles. The second kappa shape index (κ2) is 3.32. The van der Waals surface area contributed by atoms with E-state index in [1.54, 1.807) is 6.92 Å². The maximum absolute atomic E-state index is 10.8. The molecule has 0 unspecified atom stereocenters. The van der Waals surface area contributed by atoms with Gasteiger partial charge in [0.1, 0.15) is 0 Å². The van der Waals surface area contributed by atoms with E-state index >= 15 is 0 Å². The molecule has 0 radical (unpaired) electrons. The normalized spacial score (nSPS) is 10.8. The third kappa shape index (κ3) is 2.17. The molecule has 0 aliphatic rings. The number of aromatic nitrogens is 1. The summed E-state index contributed by atoms with van der Waals surface area (Å²) < 4.78 is 21.7. The molecule has 0 amide bonds. The summed E-state index contributed by atoms with van der Waals surface area (Å²) in [4.78, 5) is 6.70. The van der Waals surface area contributed by atoms with Crippen molar-refractivity contribution in [3.05, 3.63) is 29.4 Å². The summed E-state index contributed by atoms with van der Waals surface area (Å²) in [5, 5.41) is 0. The molecule has 0 saturated carbocycles. The van der Waals surface area contributed by atoms with E-state index in [-0.39, 0.29) is 10.6 Å². The zero-order valence-electron chi connectivity index (χ0n) is 6.65. The molecule has 1 rings (SSSR count). The Labute approximate surface area is 80.4 Å². The van der Waals surface area contributed by atoms with Gasteiger partial charge in [0.25, 0.3) is 9.05 Å². The molecule has 4 nitrogen and oxygen atoms in total. The van der Waals surface area contributed by atoms with Crippen LogP contribution in [-0.2, 0) is 9.05 Å². The second-order valence-electron chi connectivity index (χ2n) is 2.33. The summed E-state index contributed by atoms with van der Waals surface area (Å²) >= 11 is 0. The van der Waals surface area contributed by atoms with E-state index in [2.05, 4.69) is 9.83 Å². The summed E-state index contributed by atoms with van der Waals surface area (Å²) in [6, 6.07) is 1.21. The smallest absolute Gasteiger partial charge is 0.261 e. The Balaban J connectivity index is 3.41.